The van der Waals surface area contributed by atoms with E-state index in [1.165, 1.54) is 22.6 Å². The number of benzene rings is 1. The van der Waals surface area contributed by atoms with Gasteiger partial charge in [0.1, 0.15) is 16.5 Å². The number of thioether (sulfide) groups is 1. The molecule has 0 saturated heterocycles. The number of hydrogen-bond acceptors (Lipinski definition) is 5. The number of nitrogens with one attached hydrogen (secondary N) is 2. The molecule has 0 fully saturated rings. The fraction of sp³-hybridized carbons (Fsp3) is 0.350. The summed E-state index contributed by atoms with van der Waals surface area (Å²) >= 11 is 3.20. The van der Waals surface area contributed by atoms with Crippen molar-refractivity contribution in [3.05, 3.63) is 62.3 Å². The molecule has 28 heavy (non-hydrogen) atoms. The van der Waals surface area contributed by atoms with Crippen molar-refractivity contribution in [3.8, 4) is 0 Å². The molecule has 4 rings (SSSR count). The van der Waals surface area contributed by atoms with Crippen LogP contribution in [0.3, 0.4) is 0 Å². The second kappa shape index (κ2) is 8.45. The molecule has 2 N–H and O–H groups in total. The van der Waals surface area contributed by atoms with Crippen molar-refractivity contribution in [2.45, 2.75) is 38.0 Å². The first kappa shape index (κ1) is 19.1. The molecule has 146 valence electrons. The highest BCUT2D eigenvalue weighted by Gasteiger charge is 2.21. The Balaban J connectivity index is 1.25. The van der Waals surface area contributed by atoms with Gasteiger partial charge in [-0.3, -0.25) is 9.59 Å². The van der Waals surface area contributed by atoms with E-state index in [9.17, 15) is 14.0 Å². The molecule has 1 aliphatic rings. The van der Waals surface area contributed by atoms with Gasteiger partial charge >= 0.3 is 0 Å². The second-order valence-electron chi connectivity index (χ2n) is 6.76. The number of carbonyl (C=O) groups excluding carboxylic acids is 1. The SMILES string of the molecule is O=C(CCSCc1nc2sc3c(c2c(=O)[nH]1)CCC3)NCc1ccc(F)cc1. The van der Waals surface area contributed by atoms with Gasteiger partial charge in [-0.2, -0.15) is 11.8 Å². The first-order valence-corrected chi connectivity index (χ1v) is 11.2. The van der Waals surface area contributed by atoms with Crippen molar-refractivity contribution in [2.75, 3.05) is 5.75 Å². The smallest absolute Gasteiger partial charge is 0.259 e. The molecule has 2 aromatic heterocycles. The van der Waals surface area contributed by atoms with Gasteiger partial charge < -0.3 is 10.3 Å². The van der Waals surface area contributed by atoms with Crippen molar-refractivity contribution in [1.82, 2.24) is 15.3 Å². The summed E-state index contributed by atoms with van der Waals surface area (Å²) < 4.78 is 12.9. The first-order chi connectivity index (χ1) is 13.6. The highest BCUT2D eigenvalue weighted by molar-refractivity contribution is 7.98. The Bertz CT molecular complexity index is 1060. The van der Waals surface area contributed by atoms with Gasteiger partial charge in [0, 0.05) is 23.6 Å². The van der Waals surface area contributed by atoms with Crippen molar-refractivity contribution in [2.24, 2.45) is 0 Å². The highest BCUT2D eigenvalue weighted by atomic mass is 32.2. The van der Waals surface area contributed by atoms with Crippen LogP contribution in [-0.4, -0.2) is 21.6 Å². The Morgan fingerprint density at radius 2 is 2.11 bits per heavy atom. The van der Waals surface area contributed by atoms with E-state index in [1.54, 1.807) is 35.2 Å². The number of aromatic amines is 1. The van der Waals surface area contributed by atoms with E-state index in [0.29, 0.717) is 30.3 Å². The molecule has 0 aliphatic heterocycles. The Kier molecular flexibility index (Phi) is 5.77. The number of aromatic nitrogens is 2. The molecule has 1 aliphatic carbocycles. The number of nitrogens with zero attached hydrogens (tertiary/aromatic N) is 1. The molecule has 0 unspecified atom stereocenters. The van der Waals surface area contributed by atoms with Gasteiger partial charge in [-0.05, 0) is 42.5 Å². The number of H-pyrrole nitrogens is 1. The predicted octanol–water partition coefficient (Wildman–Crippen LogP) is 3.55. The summed E-state index contributed by atoms with van der Waals surface area (Å²) in [6.07, 6.45) is 3.52. The molecule has 0 spiro atoms. The monoisotopic (exact) mass is 417 g/mol. The van der Waals surface area contributed by atoms with Crippen LogP contribution in [0.25, 0.3) is 10.2 Å². The van der Waals surface area contributed by atoms with Crippen LogP contribution in [-0.2, 0) is 29.9 Å². The summed E-state index contributed by atoms with van der Waals surface area (Å²) in [4.78, 5) is 34.0. The minimum atomic E-state index is -0.288. The van der Waals surface area contributed by atoms with Crippen LogP contribution in [0, 0.1) is 5.82 Å². The number of fused-ring (bicyclic) bond motifs is 3. The molecular weight excluding hydrogens is 397 g/mol. The van der Waals surface area contributed by atoms with Gasteiger partial charge in [0.15, 0.2) is 0 Å². The fourth-order valence-electron chi connectivity index (χ4n) is 3.34. The number of halogens is 1. The largest absolute Gasteiger partial charge is 0.352 e. The van der Waals surface area contributed by atoms with Crippen LogP contribution in [0.4, 0.5) is 4.39 Å². The molecule has 5 nitrogen and oxygen atoms in total. The van der Waals surface area contributed by atoms with Gasteiger partial charge in [-0.25, -0.2) is 9.37 Å². The van der Waals surface area contributed by atoms with E-state index in [-0.39, 0.29) is 17.3 Å². The molecule has 8 heteroatoms. The number of rotatable bonds is 7. The minimum Gasteiger partial charge on any atom is -0.352 e. The zero-order valence-corrected chi connectivity index (χ0v) is 16.9. The van der Waals surface area contributed by atoms with E-state index < -0.39 is 0 Å². The number of carbonyl (C=O) groups is 1. The zero-order chi connectivity index (χ0) is 19.5. The van der Waals surface area contributed by atoms with E-state index in [2.05, 4.69) is 15.3 Å². The Labute approximate surface area is 169 Å². The van der Waals surface area contributed by atoms with E-state index in [1.807, 2.05) is 0 Å². The lowest BCUT2D eigenvalue weighted by atomic mass is 10.2. The van der Waals surface area contributed by atoms with Crippen LogP contribution in [0.1, 0.15) is 34.7 Å². The van der Waals surface area contributed by atoms with Gasteiger partial charge in [0.25, 0.3) is 5.56 Å². The topological polar surface area (TPSA) is 74.8 Å². The van der Waals surface area contributed by atoms with E-state index in [4.69, 9.17) is 0 Å². The lowest BCUT2D eigenvalue weighted by molar-refractivity contribution is -0.120. The maximum absolute atomic E-state index is 12.9. The summed E-state index contributed by atoms with van der Waals surface area (Å²) in [7, 11) is 0. The molecular formula is C20H20FN3O2S2. The average molecular weight is 418 g/mol. The number of hydrogen-bond donors (Lipinski definition) is 2. The second-order valence-corrected chi connectivity index (χ2v) is 8.94. The minimum absolute atomic E-state index is 0.0444. The lowest BCUT2D eigenvalue weighted by Crippen LogP contribution is -2.23. The van der Waals surface area contributed by atoms with Crippen LogP contribution in [0.5, 0.6) is 0 Å². The number of thiophene rings is 1. The molecule has 2 heterocycles. The van der Waals surface area contributed by atoms with Crippen LogP contribution in [0.15, 0.2) is 29.1 Å². The third kappa shape index (κ3) is 4.28. The van der Waals surface area contributed by atoms with Gasteiger partial charge in [-0.1, -0.05) is 12.1 Å². The zero-order valence-electron chi connectivity index (χ0n) is 15.2. The normalized spacial score (nSPS) is 13.0. The standard InChI is InChI=1S/C20H20FN3O2S2/c21-13-6-4-12(5-7-13)10-22-17(25)8-9-27-11-16-23-19(26)18-14-2-1-3-15(14)28-20(18)24-16/h4-7H,1-3,8-11H2,(H,22,25)(H,23,24,26). The van der Waals surface area contributed by atoms with E-state index >= 15 is 0 Å². The summed E-state index contributed by atoms with van der Waals surface area (Å²) in [5, 5.41) is 3.60. The molecule has 0 atom stereocenters. The summed E-state index contributed by atoms with van der Waals surface area (Å²) in [6, 6.07) is 6.07. The maximum Gasteiger partial charge on any atom is 0.259 e. The average Bonchev–Trinajstić information content (AvgIpc) is 3.25. The quantitative estimate of drug-likeness (QED) is 0.577. The van der Waals surface area contributed by atoms with Crippen LogP contribution >= 0.6 is 23.1 Å². The van der Waals surface area contributed by atoms with Crippen molar-refractivity contribution < 1.29 is 9.18 Å². The predicted molar refractivity (Wildman–Crippen MR) is 111 cm³/mol. The fourth-order valence-corrected chi connectivity index (χ4v) is 5.43. The van der Waals surface area contributed by atoms with Crippen molar-refractivity contribution >= 4 is 39.2 Å². The van der Waals surface area contributed by atoms with E-state index in [0.717, 1.165) is 35.0 Å². The molecule has 3 aromatic rings. The Hall–Kier alpha value is -2.19. The molecule has 0 bridgehead atoms. The molecule has 1 aromatic carbocycles. The van der Waals surface area contributed by atoms with Gasteiger partial charge in [-0.15, -0.1) is 11.3 Å². The first-order valence-electron chi connectivity index (χ1n) is 9.22. The molecule has 0 saturated carbocycles. The summed E-state index contributed by atoms with van der Waals surface area (Å²) in [5.41, 5.74) is 2.00. The third-order valence-corrected chi connectivity index (χ3v) is 6.90. The van der Waals surface area contributed by atoms with Gasteiger partial charge in [0.05, 0.1) is 11.1 Å². The van der Waals surface area contributed by atoms with Crippen LogP contribution in [0.2, 0.25) is 0 Å². The highest BCUT2D eigenvalue weighted by Crippen LogP contribution is 2.34. The van der Waals surface area contributed by atoms with Crippen molar-refractivity contribution in [1.29, 1.82) is 0 Å². The Morgan fingerprint density at radius 1 is 1.29 bits per heavy atom. The molecule has 1 amide bonds. The summed E-state index contributed by atoms with van der Waals surface area (Å²) in [6.45, 7) is 0.387. The van der Waals surface area contributed by atoms with Crippen LogP contribution < -0.4 is 10.9 Å². The van der Waals surface area contributed by atoms with Crippen molar-refractivity contribution in [3.63, 3.8) is 0 Å². The third-order valence-electron chi connectivity index (χ3n) is 4.74. The Morgan fingerprint density at radius 3 is 2.93 bits per heavy atom. The number of aryl methyl sites for hydroxylation is 2. The maximum atomic E-state index is 12.9. The summed E-state index contributed by atoms with van der Waals surface area (Å²) in [5.74, 6) is 1.53. The molecule has 0 radical (unpaired) electrons. The van der Waals surface area contributed by atoms with Gasteiger partial charge in [0.2, 0.25) is 5.91 Å². The number of amides is 1. The lowest BCUT2D eigenvalue weighted by Gasteiger charge is -2.05.